The van der Waals surface area contributed by atoms with E-state index in [1.54, 1.807) is 21.4 Å². The van der Waals surface area contributed by atoms with Crippen LogP contribution in [0.2, 0.25) is 25.2 Å². The summed E-state index contributed by atoms with van der Waals surface area (Å²) in [5.74, 6) is 0. The van der Waals surface area contributed by atoms with Crippen LogP contribution < -0.4 is 0 Å². The minimum Gasteiger partial charge on any atom is -0.103 e. The maximum atomic E-state index is 4.18. The Labute approximate surface area is 173 Å². The molecule has 0 aliphatic carbocycles. The van der Waals surface area contributed by atoms with Crippen molar-refractivity contribution in [3.63, 3.8) is 0 Å². The Morgan fingerprint density at radius 3 is 1.75 bits per heavy atom. The molecule has 2 aromatic carbocycles. The highest BCUT2D eigenvalue weighted by Gasteiger charge is 2.46. The molecule has 1 unspecified atom stereocenters. The lowest BCUT2D eigenvalue weighted by Crippen LogP contribution is -2.33. The fourth-order valence-electron chi connectivity index (χ4n) is 5.22. The highest BCUT2D eigenvalue weighted by atomic mass is 28.3. The molecule has 0 saturated heterocycles. The molecular weight excluding hydrogens is 351 g/mol. The summed E-state index contributed by atoms with van der Waals surface area (Å²) in [7, 11) is -1.93. The molecule has 0 spiro atoms. The standard InChI is InChI=1S/C26H33BSi/c1-6-20-28(5)25(21-16-12-10-13-17-21)23(7-2)24(27(8-3)9-4)26(28)22-18-14-11-15-19-22/h6,10-19H,1,7-9,20H2,2-5H3. The van der Waals surface area contributed by atoms with Crippen LogP contribution in [0.25, 0.3) is 10.4 Å². The summed E-state index contributed by atoms with van der Waals surface area (Å²) in [4.78, 5) is 0. The molecule has 0 N–H and O–H groups in total. The van der Waals surface area contributed by atoms with E-state index in [0.717, 1.165) is 12.5 Å². The topological polar surface area (TPSA) is 0 Å². The molecule has 3 rings (SSSR count). The monoisotopic (exact) mass is 384 g/mol. The lowest BCUT2D eigenvalue weighted by molar-refractivity contribution is 1.14. The second-order valence-corrected chi connectivity index (χ2v) is 12.1. The minimum absolute atomic E-state index is 0.628. The van der Waals surface area contributed by atoms with Gasteiger partial charge in [0.05, 0.1) is 0 Å². The van der Waals surface area contributed by atoms with Gasteiger partial charge in [-0.25, -0.2) is 0 Å². The summed E-state index contributed by atoms with van der Waals surface area (Å²) in [5.41, 5.74) is 6.13. The van der Waals surface area contributed by atoms with E-state index in [1.165, 1.54) is 23.8 Å². The Morgan fingerprint density at radius 1 is 0.821 bits per heavy atom. The van der Waals surface area contributed by atoms with Gasteiger partial charge in [0.1, 0.15) is 8.07 Å². The third kappa shape index (κ3) is 3.51. The molecule has 1 heterocycles. The van der Waals surface area contributed by atoms with Crippen molar-refractivity contribution >= 4 is 25.2 Å². The third-order valence-electron chi connectivity index (χ3n) is 6.42. The SMILES string of the molecule is C=CC[Si]1(C)C(c2ccccc2)=C(CC)C(B(CC)CC)=C1c1ccccc1. The summed E-state index contributed by atoms with van der Waals surface area (Å²) in [6.45, 7) is 14.4. The van der Waals surface area contributed by atoms with Gasteiger partial charge < -0.3 is 0 Å². The predicted octanol–water partition coefficient (Wildman–Crippen LogP) is 7.73. The Kier molecular flexibility index (Phi) is 6.62. The molecule has 28 heavy (non-hydrogen) atoms. The van der Waals surface area contributed by atoms with E-state index in [-0.39, 0.29) is 0 Å². The first-order chi connectivity index (χ1) is 13.6. The van der Waals surface area contributed by atoms with Crippen LogP contribution in [0.15, 0.2) is 84.4 Å². The molecule has 0 fully saturated rings. The fourth-order valence-corrected chi connectivity index (χ4v) is 9.99. The van der Waals surface area contributed by atoms with Gasteiger partial charge in [0.15, 0.2) is 6.71 Å². The maximum Gasteiger partial charge on any atom is 0.175 e. The summed E-state index contributed by atoms with van der Waals surface area (Å²) < 4.78 is 0. The molecule has 0 bridgehead atoms. The molecule has 2 heteroatoms. The fraction of sp³-hybridized carbons (Fsp3) is 0.308. The van der Waals surface area contributed by atoms with Gasteiger partial charge in [-0.1, -0.05) is 123 Å². The third-order valence-corrected chi connectivity index (χ3v) is 10.9. The molecule has 0 amide bonds. The quantitative estimate of drug-likeness (QED) is 0.323. The van der Waals surface area contributed by atoms with Crippen LogP contribution >= 0.6 is 0 Å². The number of allylic oxidation sites excluding steroid dienone is 3. The highest BCUT2D eigenvalue weighted by molar-refractivity contribution is 7.12. The molecule has 0 nitrogen and oxygen atoms in total. The van der Waals surface area contributed by atoms with Gasteiger partial charge in [-0.3, -0.25) is 0 Å². The van der Waals surface area contributed by atoms with Crippen molar-refractivity contribution in [1.82, 2.24) is 0 Å². The van der Waals surface area contributed by atoms with Crippen molar-refractivity contribution in [1.29, 1.82) is 0 Å². The van der Waals surface area contributed by atoms with Gasteiger partial charge in [0.25, 0.3) is 0 Å². The zero-order valence-electron chi connectivity index (χ0n) is 18.0. The van der Waals surface area contributed by atoms with Gasteiger partial charge in [0.2, 0.25) is 0 Å². The highest BCUT2D eigenvalue weighted by Crippen LogP contribution is 2.52. The number of hydrogen-bond acceptors (Lipinski definition) is 0. The lowest BCUT2D eigenvalue weighted by Gasteiger charge is -2.30. The van der Waals surface area contributed by atoms with Crippen molar-refractivity contribution in [2.45, 2.75) is 52.4 Å². The number of hydrogen-bond donors (Lipinski definition) is 0. The first-order valence-electron chi connectivity index (χ1n) is 10.8. The molecule has 2 aromatic rings. The van der Waals surface area contributed by atoms with Crippen LogP contribution in [0.1, 0.15) is 38.3 Å². The van der Waals surface area contributed by atoms with Gasteiger partial charge in [-0.15, -0.1) is 6.58 Å². The van der Waals surface area contributed by atoms with Gasteiger partial charge in [-0.05, 0) is 28.8 Å². The van der Waals surface area contributed by atoms with Crippen LogP contribution in [0, 0.1) is 0 Å². The van der Waals surface area contributed by atoms with Crippen LogP contribution in [0.3, 0.4) is 0 Å². The van der Waals surface area contributed by atoms with Crippen LogP contribution in [-0.2, 0) is 0 Å². The van der Waals surface area contributed by atoms with Crippen molar-refractivity contribution in [3.05, 3.63) is 95.5 Å². The van der Waals surface area contributed by atoms with E-state index in [9.17, 15) is 0 Å². The second-order valence-electron chi connectivity index (χ2n) is 8.07. The number of benzene rings is 2. The molecule has 0 aromatic heterocycles. The summed E-state index contributed by atoms with van der Waals surface area (Å²) in [6, 6.07) is 23.4. The summed E-state index contributed by atoms with van der Waals surface area (Å²) in [5, 5.41) is 3.31. The van der Waals surface area contributed by atoms with E-state index in [1.807, 2.05) is 0 Å². The van der Waals surface area contributed by atoms with Crippen molar-refractivity contribution in [2.24, 2.45) is 0 Å². The number of rotatable bonds is 8. The average molecular weight is 384 g/mol. The Hall–Kier alpha value is -2.06. The minimum atomic E-state index is -1.93. The van der Waals surface area contributed by atoms with Gasteiger partial charge in [-0.2, -0.15) is 0 Å². The van der Waals surface area contributed by atoms with Crippen LogP contribution in [0.4, 0.5) is 0 Å². The molecule has 144 valence electrons. The Morgan fingerprint density at radius 2 is 1.32 bits per heavy atom. The average Bonchev–Trinajstić information content (AvgIpc) is 2.98. The lowest BCUT2D eigenvalue weighted by atomic mass is 9.39. The van der Waals surface area contributed by atoms with E-state index < -0.39 is 8.07 Å². The maximum absolute atomic E-state index is 4.18. The first-order valence-corrected chi connectivity index (χ1v) is 13.5. The normalized spacial score (nSPS) is 19.3. The van der Waals surface area contributed by atoms with Crippen molar-refractivity contribution in [3.8, 4) is 0 Å². The predicted molar refractivity (Wildman–Crippen MR) is 130 cm³/mol. The summed E-state index contributed by atoms with van der Waals surface area (Å²) in [6.07, 6.45) is 5.67. The van der Waals surface area contributed by atoms with E-state index in [4.69, 9.17) is 0 Å². The molecule has 0 saturated carbocycles. The van der Waals surface area contributed by atoms with E-state index >= 15 is 0 Å². The van der Waals surface area contributed by atoms with Crippen molar-refractivity contribution in [2.75, 3.05) is 0 Å². The summed E-state index contributed by atoms with van der Waals surface area (Å²) >= 11 is 0. The van der Waals surface area contributed by atoms with E-state index in [0.29, 0.717) is 6.71 Å². The molecule has 1 aliphatic heterocycles. The zero-order chi connectivity index (χ0) is 20.1. The molecule has 0 radical (unpaired) electrons. The Balaban J connectivity index is 2.38. The second kappa shape index (κ2) is 8.96. The van der Waals surface area contributed by atoms with E-state index in [2.05, 4.69) is 101 Å². The van der Waals surface area contributed by atoms with Crippen LogP contribution in [0.5, 0.6) is 0 Å². The molecular formula is C26H33BSi. The van der Waals surface area contributed by atoms with Gasteiger partial charge >= 0.3 is 0 Å². The van der Waals surface area contributed by atoms with Gasteiger partial charge in [0, 0.05) is 0 Å². The smallest absolute Gasteiger partial charge is 0.103 e. The van der Waals surface area contributed by atoms with Crippen LogP contribution in [-0.4, -0.2) is 14.8 Å². The first kappa shape index (κ1) is 20.7. The largest absolute Gasteiger partial charge is 0.175 e. The Bertz CT molecular complexity index is 875. The van der Waals surface area contributed by atoms with Crippen molar-refractivity contribution < 1.29 is 0 Å². The molecule has 1 aliphatic rings. The molecule has 1 atom stereocenters. The zero-order valence-corrected chi connectivity index (χ0v) is 19.0.